The maximum Gasteiger partial charge on any atom is 0.240 e. The van der Waals surface area contributed by atoms with Crippen LogP contribution >= 0.6 is 0 Å². The molecule has 1 amide bonds. The van der Waals surface area contributed by atoms with Gasteiger partial charge >= 0.3 is 0 Å². The normalized spacial score (nSPS) is 11.0. The molecule has 0 aromatic heterocycles. The molecule has 25 heavy (non-hydrogen) atoms. The number of amides is 1. The maximum atomic E-state index is 12.2. The van der Waals surface area contributed by atoms with E-state index in [4.69, 9.17) is 0 Å². The molecule has 0 unspecified atom stereocenters. The molecule has 0 bridgehead atoms. The first-order chi connectivity index (χ1) is 11.9. The number of para-hydroxylation sites is 2. The van der Waals surface area contributed by atoms with Crippen molar-refractivity contribution in [3.63, 3.8) is 0 Å². The molecule has 2 aromatic carbocycles. The van der Waals surface area contributed by atoms with Gasteiger partial charge in [-0.3, -0.25) is 9.10 Å². The average Bonchev–Trinajstić information content (AvgIpc) is 2.60. The van der Waals surface area contributed by atoms with Crippen LogP contribution in [0, 0.1) is 0 Å². The molecule has 0 heterocycles. The van der Waals surface area contributed by atoms with E-state index in [2.05, 4.69) is 5.32 Å². The number of nitrogens with zero attached hydrogens (tertiary/aromatic N) is 2. The number of benzene rings is 2. The summed E-state index contributed by atoms with van der Waals surface area (Å²) in [4.78, 5) is 14.2. The molecule has 0 fully saturated rings. The summed E-state index contributed by atoms with van der Waals surface area (Å²) in [6, 6.07) is 18.4. The van der Waals surface area contributed by atoms with Crippen LogP contribution in [0.15, 0.2) is 60.7 Å². The summed E-state index contributed by atoms with van der Waals surface area (Å²) in [6.07, 6.45) is 1.09. The predicted octanol–water partition coefficient (Wildman–Crippen LogP) is 1.71. The summed E-state index contributed by atoms with van der Waals surface area (Å²) < 4.78 is 25.0. The number of anilines is 2. The molecule has 0 saturated carbocycles. The highest BCUT2D eigenvalue weighted by Gasteiger charge is 2.20. The van der Waals surface area contributed by atoms with E-state index in [1.54, 1.807) is 30.3 Å². The third kappa shape index (κ3) is 5.79. The topological polar surface area (TPSA) is 69.7 Å². The predicted molar refractivity (Wildman–Crippen MR) is 101 cm³/mol. The number of nitrogens with one attached hydrogen (secondary N) is 1. The van der Waals surface area contributed by atoms with Gasteiger partial charge in [0.25, 0.3) is 0 Å². The summed E-state index contributed by atoms with van der Waals surface area (Å²) in [5.74, 6) is -0.337. The minimum absolute atomic E-state index is 0.238. The van der Waals surface area contributed by atoms with E-state index >= 15 is 0 Å². The summed E-state index contributed by atoms with van der Waals surface area (Å²) in [7, 11) is -1.60. The van der Waals surface area contributed by atoms with Gasteiger partial charge in [0.05, 0.1) is 11.9 Å². The van der Waals surface area contributed by atoms with Gasteiger partial charge in [-0.05, 0) is 24.3 Å². The fraction of sp³-hybridized carbons (Fsp3) is 0.278. The summed E-state index contributed by atoms with van der Waals surface area (Å²) in [6.45, 7) is 0.814. The minimum atomic E-state index is -3.54. The Labute approximate surface area is 149 Å². The number of carbonyl (C=O) groups is 1. The number of hydrogen-bond donors (Lipinski definition) is 1. The van der Waals surface area contributed by atoms with E-state index < -0.39 is 10.0 Å². The average molecular weight is 361 g/mol. The number of likely N-dealkylation sites (N-methyl/N-ethyl adjacent to an activating group) is 1. The zero-order valence-corrected chi connectivity index (χ0v) is 15.2. The van der Waals surface area contributed by atoms with Gasteiger partial charge in [0.2, 0.25) is 15.9 Å². The Hall–Kier alpha value is -2.54. The first-order valence-electron chi connectivity index (χ1n) is 7.93. The van der Waals surface area contributed by atoms with E-state index in [0.717, 1.165) is 16.2 Å². The molecular formula is C18H23N3O3S. The van der Waals surface area contributed by atoms with E-state index in [1.807, 2.05) is 42.3 Å². The van der Waals surface area contributed by atoms with E-state index in [9.17, 15) is 13.2 Å². The molecule has 2 rings (SSSR count). The van der Waals surface area contributed by atoms with Gasteiger partial charge in [0.15, 0.2) is 0 Å². The van der Waals surface area contributed by atoms with Crippen molar-refractivity contribution in [1.82, 2.24) is 5.32 Å². The highest BCUT2D eigenvalue weighted by molar-refractivity contribution is 7.92. The molecule has 0 saturated heterocycles. The smallest absolute Gasteiger partial charge is 0.240 e. The Balaban J connectivity index is 1.90. The summed E-state index contributed by atoms with van der Waals surface area (Å²) in [5, 5.41) is 2.77. The summed E-state index contributed by atoms with van der Waals surface area (Å²) >= 11 is 0. The largest absolute Gasteiger partial charge is 0.373 e. The van der Waals surface area contributed by atoms with Crippen LogP contribution in [-0.2, 0) is 14.8 Å². The van der Waals surface area contributed by atoms with Crippen LogP contribution in [0.1, 0.15) is 0 Å². The van der Waals surface area contributed by atoms with E-state index in [1.165, 1.54) is 0 Å². The van der Waals surface area contributed by atoms with Crippen molar-refractivity contribution in [3.05, 3.63) is 60.7 Å². The van der Waals surface area contributed by atoms with Crippen molar-refractivity contribution in [1.29, 1.82) is 0 Å². The van der Waals surface area contributed by atoms with Crippen molar-refractivity contribution in [2.75, 3.05) is 42.1 Å². The van der Waals surface area contributed by atoms with Crippen LogP contribution in [0.5, 0.6) is 0 Å². The van der Waals surface area contributed by atoms with Crippen LogP contribution < -0.4 is 14.5 Å². The molecule has 0 radical (unpaired) electrons. The van der Waals surface area contributed by atoms with Gasteiger partial charge in [-0.1, -0.05) is 36.4 Å². The molecule has 134 valence electrons. The molecule has 2 aromatic rings. The van der Waals surface area contributed by atoms with Crippen LogP contribution in [0.3, 0.4) is 0 Å². The molecule has 7 heteroatoms. The second kappa shape index (κ2) is 8.53. The number of hydrogen-bond acceptors (Lipinski definition) is 4. The van der Waals surface area contributed by atoms with Crippen LogP contribution in [0.4, 0.5) is 11.4 Å². The Bertz CT molecular complexity index is 780. The van der Waals surface area contributed by atoms with Crippen LogP contribution in [-0.4, -0.2) is 47.3 Å². The van der Waals surface area contributed by atoms with Gasteiger partial charge in [-0.2, -0.15) is 0 Å². The van der Waals surface area contributed by atoms with Crippen molar-refractivity contribution in [2.24, 2.45) is 0 Å². The molecule has 6 nitrogen and oxygen atoms in total. The molecule has 0 aliphatic carbocycles. The first-order valence-corrected chi connectivity index (χ1v) is 9.78. The second-order valence-corrected chi connectivity index (χ2v) is 7.62. The molecular weight excluding hydrogens is 338 g/mol. The monoisotopic (exact) mass is 361 g/mol. The molecule has 1 N–H and O–H groups in total. The van der Waals surface area contributed by atoms with Gasteiger partial charge in [0.1, 0.15) is 6.54 Å². The second-order valence-electron chi connectivity index (χ2n) is 5.71. The Morgan fingerprint density at radius 3 is 2.00 bits per heavy atom. The van der Waals surface area contributed by atoms with Crippen LogP contribution in [0.25, 0.3) is 0 Å². The van der Waals surface area contributed by atoms with Crippen molar-refractivity contribution < 1.29 is 13.2 Å². The van der Waals surface area contributed by atoms with Gasteiger partial charge < -0.3 is 10.2 Å². The lowest BCUT2D eigenvalue weighted by Gasteiger charge is -2.23. The molecule has 0 atom stereocenters. The Morgan fingerprint density at radius 1 is 0.960 bits per heavy atom. The minimum Gasteiger partial charge on any atom is -0.373 e. The fourth-order valence-corrected chi connectivity index (χ4v) is 3.21. The standard InChI is InChI=1S/C18H23N3O3S/c1-20(16-9-5-3-6-10-16)14-13-19-18(22)15-21(25(2,23)24)17-11-7-4-8-12-17/h3-12H,13-15H2,1-2H3,(H,19,22). The number of carbonyl (C=O) groups excluding carboxylic acids is 1. The molecule has 0 aliphatic rings. The van der Waals surface area contributed by atoms with Crippen molar-refractivity contribution in [3.8, 4) is 0 Å². The maximum absolute atomic E-state index is 12.2. The molecule has 0 aliphatic heterocycles. The lowest BCUT2D eigenvalue weighted by Crippen LogP contribution is -2.42. The zero-order chi connectivity index (χ0) is 18.3. The van der Waals surface area contributed by atoms with Crippen molar-refractivity contribution >= 4 is 27.3 Å². The lowest BCUT2D eigenvalue weighted by molar-refractivity contribution is -0.119. The number of rotatable bonds is 8. The van der Waals surface area contributed by atoms with Gasteiger partial charge in [-0.25, -0.2) is 8.42 Å². The first kappa shape index (κ1) is 18.8. The molecule has 0 spiro atoms. The van der Waals surface area contributed by atoms with E-state index in [-0.39, 0.29) is 12.5 Å². The highest BCUT2D eigenvalue weighted by atomic mass is 32.2. The van der Waals surface area contributed by atoms with Gasteiger partial charge in [-0.15, -0.1) is 0 Å². The zero-order valence-electron chi connectivity index (χ0n) is 14.4. The van der Waals surface area contributed by atoms with Gasteiger partial charge in [0, 0.05) is 25.8 Å². The van der Waals surface area contributed by atoms with E-state index in [0.29, 0.717) is 18.8 Å². The van der Waals surface area contributed by atoms with Crippen LogP contribution in [0.2, 0.25) is 0 Å². The SMILES string of the molecule is CN(CCNC(=O)CN(c1ccccc1)S(C)(=O)=O)c1ccccc1. The summed E-state index contributed by atoms with van der Waals surface area (Å²) in [5.41, 5.74) is 1.53. The highest BCUT2D eigenvalue weighted by Crippen LogP contribution is 2.16. The quantitative estimate of drug-likeness (QED) is 0.777. The Morgan fingerprint density at radius 2 is 1.48 bits per heavy atom. The fourth-order valence-electron chi connectivity index (χ4n) is 2.36. The number of sulfonamides is 1. The Kier molecular flexibility index (Phi) is 6.41. The lowest BCUT2D eigenvalue weighted by atomic mass is 10.3. The van der Waals surface area contributed by atoms with Crippen molar-refractivity contribution in [2.45, 2.75) is 0 Å². The third-order valence-electron chi connectivity index (χ3n) is 3.70. The third-order valence-corrected chi connectivity index (χ3v) is 4.84.